The third-order valence-corrected chi connectivity index (χ3v) is 2.16. The molecule has 15 heavy (non-hydrogen) atoms. The zero-order valence-electron chi connectivity index (χ0n) is 8.94. The fourth-order valence-corrected chi connectivity index (χ4v) is 1.28. The van der Waals surface area contributed by atoms with E-state index >= 15 is 0 Å². The molecule has 1 unspecified atom stereocenters. The molecule has 84 valence electrons. The van der Waals surface area contributed by atoms with Gasteiger partial charge in [0.25, 0.3) is 0 Å². The Morgan fingerprint density at radius 2 is 2.07 bits per heavy atom. The summed E-state index contributed by atoms with van der Waals surface area (Å²) in [5.74, 6) is 0.792. The van der Waals surface area contributed by atoms with Crippen LogP contribution in [-0.2, 0) is 0 Å². The van der Waals surface area contributed by atoms with Gasteiger partial charge in [-0.05, 0) is 17.7 Å². The molecule has 4 N–H and O–H groups in total. The van der Waals surface area contributed by atoms with E-state index in [-0.39, 0.29) is 0 Å². The highest BCUT2D eigenvalue weighted by Gasteiger charge is 2.06. The quantitative estimate of drug-likeness (QED) is 0.590. The first-order valence-corrected chi connectivity index (χ1v) is 5.00. The third kappa shape index (κ3) is 3.87. The van der Waals surface area contributed by atoms with E-state index in [1.165, 1.54) is 0 Å². The van der Waals surface area contributed by atoms with E-state index in [2.05, 4.69) is 5.32 Å². The normalized spacial score (nSPS) is 12.5. The molecule has 0 aliphatic rings. The molecule has 0 radical (unpaired) electrons. The van der Waals surface area contributed by atoms with E-state index in [1.54, 1.807) is 7.11 Å². The summed E-state index contributed by atoms with van der Waals surface area (Å²) < 4.78 is 5.03. The van der Waals surface area contributed by atoms with E-state index in [9.17, 15) is 5.11 Å². The summed E-state index contributed by atoms with van der Waals surface area (Å²) in [6, 6.07) is 7.38. The summed E-state index contributed by atoms with van der Waals surface area (Å²) >= 11 is 0. The lowest BCUT2D eigenvalue weighted by Crippen LogP contribution is -2.27. The summed E-state index contributed by atoms with van der Waals surface area (Å²) in [6.45, 7) is 1.81. The Bertz CT molecular complexity index is 274. The van der Waals surface area contributed by atoms with Crippen molar-refractivity contribution in [3.05, 3.63) is 29.8 Å². The van der Waals surface area contributed by atoms with E-state index in [0.29, 0.717) is 19.6 Å². The lowest BCUT2D eigenvalue weighted by molar-refractivity contribution is 0.175. The molecule has 1 aromatic rings. The molecule has 0 saturated heterocycles. The molecule has 0 saturated carbocycles. The van der Waals surface area contributed by atoms with E-state index in [0.717, 1.165) is 11.3 Å². The first-order valence-electron chi connectivity index (χ1n) is 5.00. The standard InChI is InChI=1S/C11H18N2O2/c1-15-10-4-2-9(3-5-10)11(14)8-13-7-6-12/h2-5,11,13-14H,6-8,12H2,1H3. The van der Waals surface area contributed by atoms with Gasteiger partial charge >= 0.3 is 0 Å². The van der Waals surface area contributed by atoms with Crippen molar-refractivity contribution in [2.75, 3.05) is 26.7 Å². The zero-order chi connectivity index (χ0) is 11.1. The van der Waals surface area contributed by atoms with Gasteiger partial charge in [-0.3, -0.25) is 0 Å². The van der Waals surface area contributed by atoms with Gasteiger partial charge in [0, 0.05) is 19.6 Å². The Labute approximate surface area is 90.1 Å². The van der Waals surface area contributed by atoms with E-state index in [1.807, 2.05) is 24.3 Å². The molecular formula is C11H18N2O2. The second kappa shape index (κ2) is 6.40. The van der Waals surface area contributed by atoms with Gasteiger partial charge in [-0.25, -0.2) is 0 Å². The molecule has 0 bridgehead atoms. The highest BCUT2D eigenvalue weighted by atomic mass is 16.5. The van der Waals surface area contributed by atoms with Crippen LogP contribution in [0.2, 0.25) is 0 Å². The molecule has 0 aliphatic heterocycles. The number of rotatable bonds is 6. The topological polar surface area (TPSA) is 67.5 Å². The van der Waals surface area contributed by atoms with Gasteiger partial charge in [-0.2, -0.15) is 0 Å². The van der Waals surface area contributed by atoms with Crippen LogP contribution in [0.4, 0.5) is 0 Å². The molecule has 0 aromatic heterocycles. The summed E-state index contributed by atoms with van der Waals surface area (Å²) in [5, 5.41) is 12.8. The van der Waals surface area contributed by atoms with Gasteiger partial charge in [-0.15, -0.1) is 0 Å². The highest BCUT2D eigenvalue weighted by Crippen LogP contribution is 2.16. The van der Waals surface area contributed by atoms with Crippen LogP contribution in [0.3, 0.4) is 0 Å². The van der Waals surface area contributed by atoms with Crippen LogP contribution in [-0.4, -0.2) is 31.9 Å². The molecule has 1 atom stereocenters. The Morgan fingerprint density at radius 1 is 1.40 bits per heavy atom. The second-order valence-electron chi connectivity index (χ2n) is 3.28. The lowest BCUT2D eigenvalue weighted by atomic mass is 10.1. The van der Waals surface area contributed by atoms with Crippen LogP contribution in [0.1, 0.15) is 11.7 Å². The van der Waals surface area contributed by atoms with Crippen LogP contribution < -0.4 is 15.8 Å². The number of nitrogens with one attached hydrogen (secondary N) is 1. The number of hydrogen-bond donors (Lipinski definition) is 3. The molecule has 4 heteroatoms. The van der Waals surface area contributed by atoms with Gasteiger partial charge in [-0.1, -0.05) is 12.1 Å². The zero-order valence-corrected chi connectivity index (χ0v) is 8.94. The molecule has 0 heterocycles. The number of aliphatic hydroxyl groups is 1. The smallest absolute Gasteiger partial charge is 0.118 e. The first kappa shape index (κ1) is 12.0. The van der Waals surface area contributed by atoms with Crippen molar-refractivity contribution < 1.29 is 9.84 Å². The molecule has 0 spiro atoms. The van der Waals surface area contributed by atoms with Gasteiger partial charge in [0.2, 0.25) is 0 Å². The maximum absolute atomic E-state index is 9.77. The molecule has 1 rings (SSSR count). The summed E-state index contributed by atoms with van der Waals surface area (Å²) in [7, 11) is 1.62. The molecule has 1 aromatic carbocycles. The molecule has 4 nitrogen and oxygen atoms in total. The summed E-state index contributed by atoms with van der Waals surface area (Å²) in [4.78, 5) is 0. The highest BCUT2D eigenvalue weighted by molar-refractivity contribution is 5.28. The second-order valence-corrected chi connectivity index (χ2v) is 3.28. The maximum atomic E-state index is 9.77. The van der Waals surface area contributed by atoms with Crippen molar-refractivity contribution >= 4 is 0 Å². The molecule has 0 amide bonds. The Kier molecular flexibility index (Phi) is 5.10. The van der Waals surface area contributed by atoms with Gasteiger partial charge in [0.15, 0.2) is 0 Å². The van der Waals surface area contributed by atoms with E-state index in [4.69, 9.17) is 10.5 Å². The maximum Gasteiger partial charge on any atom is 0.118 e. The minimum Gasteiger partial charge on any atom is -0.497 e. The fraction of sp³-hybridized carbons (Fsp3) is 0.455. The lowest BCUT2D eigenvalue weighted by Gasteiger charge is -2.12. The van der Waals surface area contributed by atoms with Crippen LogP contribution >= 0.6 is 0 Å². The average molecular weight is 210 g/mol. The predicted molar refractivity (Wildman–Crippen MR) is 59.9 cm³/mol. The molecular weight excluding hydrogens is 192 g/mol. The van der Waals surface area contributed by atoms with E-state index < -0.39 is 6.10 Å². The minimum atomic E-state index is -0.498. The molecule has 0 aliphatic carbocycles. The summed E-state index contributed by atoms with van der Waals surface area (Å²) in [5.41, 5.74) is 6.21. The number of hydrogen-bond acceptors (Lipinski definition) is 4. The average Bonchev–Trinajstić information content (AvgIpc) is 2.29. The predicted octanol–water partition coefficient (Wildman–Crippen LogP) is 0.277. The number of aliphatic hydroxyl groups excluding tert-OH is 1. The van der Waals surface area contributed by atoms with Crippen molar-refractivity contribution in [3.63, 3.8) is 0 Å². The number of nitrogens with two attached hydrogens (primary N) is 1. The third-order valence-electron chi connectivity index (χ3n) is 2.16. The Balaban J connectivity index is 2.46. The van der Waals surface area contributed by atoms with Crippen molar-refractivity contribution in [2.45, 2.75) is 6.10 Å². The molecule has 0 fully saturated rings. The minimum absolute atomic E-state index is 0.498. The number of ether oxygens (including phenoxy) is 1. The monoisotopic (exact) mass is 210 g/mol. The van der Waals surface area contributed by atoms with Crippen LogP contribution in [0.5, 0.6) is 5.75 Å². The number of methoxy groups -OCH3 is 1. The Morgan fingerprint density at radius 3 is 2.60 bits per heavy atom. The number of benzene rings is 1. The SMILES string of the molecule is COc1ccc(C(O)CNCCN)cc1. The fourth-order valence-electron chi connectivity index (χ4n) is 1.28. The summed E-state index contributed by atoms with van der Waals surface area (Å²) in [6.07, 6.45) is -0.498. The van der Waals surface area contributed by atoms with Crippen LogP contribution in [0, 0.1) is 0 Å². The first-order chi connectivity index (χ1) is 7.27. The van der Waals surface area contributed by atoms with Crippen LogP contribution in [0.15, 0.2) is 24.3 Å². The van der Waals surface area contributed by atoms with Gasteiger partial charge in [0.1, 0.15) is 5.75 Å². The van der Waals surface area contributed by atoms with Crippen molar-refractivity contribution in [3.8, 4) is 5.75 Å². The van der Waals surface area contributed by atoms with Crippen molar-refractivity contribution in [1.82, 2.24) is 5.32 Å². The largest absolute Gasteiger partial charge is 0.497 e. The van der Waals surface area contributed by atoms with Crippen molar-refractivity contribution in [1.29, 1.82) is 0 Å². The van der Waals surface area contributed by atoms with Gasteiger partial charge < -0.3 is 20.9 Å². The van der Waals surface area contributed by atoms with Crippen molar-refractivity contribution in [2.24, 2.45) is 5.73 Å². The Hall–Kier alpha value is -1.10. The van der Waals surface area contributed by atoms with Gasteiger partial charge in [0.05, 0.1) is 13.2 Å². The van der Waals surface area contributed by atoms with Crippen LogP contribution in [0.25, 0.3) is 0 Å².